The highest BCUT2D eigenvalue weighted by Crippen LogP contribution is 2.51. The zero-order valence-corrected chi connectivity index (χ0v) is 20.8. The van der Waals surface area contributed by atoms with Gasteiger partial charge in [0, 0.05) is 24.1 Å². The maximum Gasteiger partial charge on any atom is 0.303 e. The van der Waals surface area contributed by atoms with E-state index in [1.54, 1.807) is 12.1 Å². The Hall–Kier alpha value is -3.48. The van der Waals surface area contributed by atoms with Gasteiger partial charge in [0.2, 0.25) is 5.88 Å². The van der Waals surface area contributed by atoms with E-state index >= 15 is 0 Å². The maximum absolute atomic E-state index is 14.9. The Morgan fingerprint density at radius 3 is 2.61 bits per heavy atom. The summed E-state index contributed by atoms with van der Waals surface area (Å²) in [6.45, 7) is 4.68. The second-order valence-electron chi connectivity index (χ2n) is 10.0. The van der Waals surface area contributed by atoms with Crippen molar-refractivity contribution in [3.05, 3.63) is 77.0 Å². The first-order valence-electron chi connectivity index (χ1n) is 12.1. The fourth-order valence-corrected chi connectivity index (χ4v) is 5.14. The summed E-state index contributed by atoms with van der Waals surface area (Å²) < 4.78 is 40.1. The first kappa shape index (κ1) is 25.6. The minimum absolute atomic E-state index is 0.0590. The van der Waals surface area contributed by atoms with Crippen molar-refractivity contribution in [2.75, 3.05) is 7.11 Å². The van der Waals surface area contributed by atoms with Crippen LogP contribution in [0.5, 0.6) is 11.6 Å². The highest BCUT2D eigenvalue weighted by Gasteiger charge is 2.37. The second kappa shape index (κ2) is 10.6. The SMILES string of the molecule is COc1cc(-c2ccc(COc3cc(F)cc(CCC(=O)O)c3)cc2[C@@H]2CCCC2(C)C)c(F)cn1. The molecule has 0 aliphatic heterocycles. The molecule has 1 saturated carbocycles. The van der Waals surface area contributed by atoms with Crippen LogP contribution in [0.3, 0.4) is 0 Å². The number of carboxylic acid groups (broad SMARTS) is 1. The number of aryl methyl sites for hydroxylation is 1. The molecular formula is C29H31F2NO4. The Morgan fingerprint density at radius 2 is 1.92 bits per heavy atom. The molecule has 190 valence electrons. The lowest BCUT2D eigenvalue weighted by Crippen LogP contribution is -2.17. The molecule has 0 radical (unpaired) electrons. The molecule has 0 amide bonds. The van der Waals surface area contributed by atoms with Gasteiger partial charge in [-0.05, 0) is 65.0 Å². The number of benzene rings is 2. The Balaban J connectivity index is 1.65. The van der Waals surface area contributed by atoms with Crippen molar-refractivity contribution < 1.29 is 28.2 Å². The fraction of sp³-hybridized carbons (Fsp3) is 0.379. The van der Waals surface area contributed by atoms with E-state index in [9.17, 15) is 13.6 Å². The van der Waals surface area contributed by atoms with Crippen molar-refractivity contribution in [1.29, 1.82) is 0 Å². The number of rotatable bonds is 9. The van der Waals surface area contributed by atoms with Crippen LogP contribution in [0.2, 0.25) is 0 Å². The molecule has 4 rings (SSSR count). The molecule has 2 aromatic carbocycles. The zero-order valence-electron chi connectivity index (χ0n) is 20.8. The summed E-state index contributed by atoms with van der Waals surface area (Å²) in [4.78, 5) is 14.8. The van der Waals surface area contributed by atoms with Crippen LogP contribution in [-0.4, -0.2) is 23.2 Å². The normalized spacial score (nSPS) is 16.6. The molecule has 0 bridgehead atoms. The summed E-state index contributed by atoms with van der Waals surface area (Å²) >= 11 is 0. The molecule has 0 spiro atoms. The molecule has 5 nitrogen and oxygen atoms in total. The maximum atomic E-state index is 14.9. The van der Waals surface area contributed by atoms with E-state index in [2.05, 4.69) is 24.9 Å². The van der Waals surface area contributed by atoms with Crippen LogP contribution in [0.1, 0.15) is 62.1 Å². The number of ether oxygens (including phenoxy) is 2. The van der Waals surface area contributed by atoms with Gasteiger partial charge in [-0.25, -0.2) is 13.8 Å². The van der Waals surface area contributed by atoms with E-state index in [1.807, 2.05) is 12.1 Å². The zero-order chi connectivity index (χ0) is 25.9. The molecule has 3 aromatic rings. The van der Waals surface area contributed by atoms with Gasteiger partial charge in [0.1, 0.15) is 24.0 Å². The molecule has 1 atom stereocenters. The summed E-state index contributed by atoms with van der Waals surface area (Å²) in [7, 11) is 1.50. The van der Waals surface area contributed by atoms with E-state index in [0.717, 1.165) is 36.0 Å². The Bertz CT molecular complexity index is 1260. The largest absolute Gasteiger partial charge is 0.489 e. The highest BCUT2D eigenvalue weighted by molar-refractivity contribution is 5.70. The number of hydrogen-bond donors (Lipinski definition) is 1. The van der Waals surface area contributed by atoms with Crippen molar-refractivity contribution in [3.63, 3.8) is 0 Å². The van der Waals surface area contributed by atoms with Gasteiger partial charge >= 0.3 is 5.97 Å². The number of pyridine rings is 1. The predicted octanol–water partition coefficient (Wildman–Crippen LogP) is 6.93. The second-order valence-corrected chi connectivity index (χ2v) is 10.0. The molecule has 1 fully saturated rings. The van der Waals surface area contributed by atoms with Crippen molar-refractivity contribution in [1.82, 2.24) is 4.98 Å². The Labute approximate surface area is 210 Å². The predicted molar refractivity (Wildman–Crippen MR) is 133 cm³/mol. The van der Waals surface area contributed by atoms with Gasteiger partial charge in [0.15, 0.2) is 0 Å². The molecule has 1 aromatic heterocycles. The van der Waals surface area contributed by atoms with Crippen molar-refractivity contribution in [3.8, 4) is 22.8 Å². The number of halogens is 2. The third-order valence-electron chi connectivity index (χ3n) is 7.04. The third kappa shape index (κ3) is 5.83. The first-order chi connectivity index (χ1) is 17.2. The van der Waals surface area contributed by atoms with Gasteiger partial charge in [-0.2, -0.15) is 0 Å². The van der Waals surface area contributed by atoms with E-state index in [4.69, 9.17) is 14.6 Å². The van der Waals surface area contributed by atoms with Crippen molar-refractivity contribution in [2.24, 2.45) is 5.41 Å². The number of hydrogen-bond acceptors (Lipinski definition) is 4. The average molecular weight is 496 g/mol. The van der Waals surface area contributed by atoms with Gasteiger partial charge < -0.3 is 14.6 Å². The molecule has 0 unspecified atom stereocenters. The monoisotopic (exact) mass is 495 g/mol. The topological polar surface area (TPSA) is 68.7 Å². The van der Waals surface area contributed by atoms with Crippen molar-refractivity contribution >= 4 is 5.97 Å². The lowest BCUT2D eigenvalue weighted by atomic mass is 9.75. The van der Waals surface area contributed by atoms with E-state index in [-0.39, 0.29) is 30.8 Å². The molecular weight excluding hydrogens is 464 g/mol. The van der Waals surface area contributed by atoms with E-state index < -0.39 is 17.6 Å². The summed E-state index contributed by atoms with van der Waals surface area (Å²) in [5.41, 5.74) is 3.81. The lowest BCUT2D eigenvalue weighted by Gasteiger charge is -2.30. The molecule has 0 saturated heterocycles. The number of carbonyl (C=O) groups is 1. The Kier molecular flexibility index (Phi) is 7.57. The van der Waals surface area contributed by atoms with Crippen LogP contribution < -0.4 is 9.47 Å². The number of aliphatic carboxylic acids is 1. The molecule has 36 heavy (non-hydrogen) atoms. The first-order valence-corrected chi connectivity index (χ1v) is 12.1. The van der Waals surface area contributed by atoms with Crippen LogP contribution in [0, 0.1) is 17.0 Å². The Morgan fingerprint density at radius 1 is 1.11 bits per heavy atom. The summed E-state index contributed by atoms with van der Waals surface area (Å²) in [5, 5.41) is 8.91. The number of aromatic nitrogens is 1. The summed E-state index contributed by atoms with van der Waals surface area (Å²) in [6.07, 6.45) is 4.51. The standard InChI is InChI=1S/C29H31F2NO4/c1-29(2)10-4-5-25(29)23-13-19(6-8-22(23)24-15-27(35-3)32-16-26(24)31)17-36-21-12-18(7-9-28(33)34)11-20(30)14-21/h6,8,11-16,25H,4-5,7,9-10,17H2,1-3H3,(H,33,34)/t25-/m0/s1. The van der Waals surface area contributed by atoms with Crippen LogP contribution in [0.4, 0.5) is 8.78 Å². The van der Waals surface area contributed by atoms with Crippen LogP contribution in [0.25, 0.3) is 11.1 Å². The van der Waals surface area contributed by atoms with Gasteiger partial charge in [0.25, 0.3) is 0 Å². The lowest BCUT2D eigenvalue weighted by molar-refractivity contribution is -0.136. The third-order valence-corrected chi connectivity index (χ3v) is 7.04. The van der Waals surface area contributed by atoms with Crippen LogP contribution in [-0.2, 0) is 17.8 Å². The van der Waals surface area contributed by atoms with E-state index in [1.165, 1.54) is 25.4 Å². The molecule has 1 N–H and O–H groups in total. The van der Waals surface area contributed by atoms with Crippen LogP contribution in [0.15, 0.2) is 48.7 Å². The number of carboxylic acids is 1. The fourth-order valence-electron chi connectivity index (χ4n) is 5.14. The summed E-state index contributed by atoms with van der Waals surface area (Å²) in [6, 6.07) is 11.8. The van der Waals surface area contributed by atoms with Gasteiger partial charge in [-0.15, -0.1) is 0 Å². The smallest absolute Gasteiger partial charge is 0.303 e. The van der Waals surface area contributed by atoms with Gasteiger partial charge in [-0.3, -0.25) is 4.79 Å². The highest BCUT2D eigenvalue weighted by atomic mass is 19.1. The molecule has 7 heteroatoms. The van der Waals surface area contributed by atoms with Gasteiger partial charge in [-0.1, -0.05) is 38.5 Å². The number of methoxy groups -OCH3 is 1. The van der Waals surface area contributed by atoms with Crippen molar-refractivity contribution in [2.45, 2.75) is 58.5 Å². The molecule has 1 aliphatic rings. The minimum Gasteiger partial charge on any atom is -0.489 e. The van der Waals surface area contributed by atoms with E-state index in [0.29, 0.717) is 22.8 Å². The quantitative estimate of drug-likeness (QED) is 0.349. The number of nitrogens with zero attached hydrogens (tertiary/aromatic N) is 1. The molecule has 1 aliphatic carbocycles. The minimum atomic E-state index is -0.938. The molecule has 1 heterocycles. The average Bonchev–Trinajstić information content (AvgIpc) is 3.20. The summed E-state index contributed by atoms with van der Waals surface area (Å²) in [5.74, 6) is -0.896. The van der Waals surface area contributed by atoms with Gasteiger partial charge in [0.05, 0.1) is 13.3 Å². The van der Waals surface area contributed by atoms with Crippen LogP contribution >= 0.6 is 0 Å².